The molecule has 3 N–H and O–H groups in total. The lowest BCUT2D eigenvalue weighted by atomic mass is 10.0. The van der Waals surface area contributed by atoms with E-state index in [-0.39, 0.29) is 23.7 Å². The van der Waals surface area contributed by atoms with Crippen LogP contribution >= 0.6 is 0 Å². The first-order chi connectivity index (χ1) is 16.2. The number of amides is 1. The summed E-state index contributed by atoms with van der Waals surface area (Å²) in [5, 5.41) is 0. The summed E-state index contributed by atoms with van der Waals surface area (Å²) in [5.41, 5.74) is 5.70. The van der Waals surface area contributed by atoms with Crippen molar-refractivity contribution in [1.82, 2.24) is 9.55 Å². The number of aromatic nitrogens is 2. The van der Waals surface area contributed by atoms with E-state index in [1.54, 1.807) is 6.07 Å². The van der Waals surface area contributed by atoms with Crippen molar-refractivity contribution >= 4 is 17.4 Å². The van der Waals surface area contributed by atoms with Gasteiger partial charge in [0.25, 0.3) is 11.5 Å². The van der Waals surface area contributed by atoms with Crippen LogP contribution in [0.15, 0.2) is 27.8 Å². The second-order valence-electron chi connectivity index (χ2n) is 9.32. The summed E-state index contributed by atoms with van der Waals surface area (Å²) in [5.74, 6) is 0.713. The number of benzene rings is 1. The van der Waals surface area contributed by atoms with Gasteiger partial charge in [-0.05, 0) is 32.8 Å². The Kier molecular flexibility index (Phi) is 8.06. The lowest BCUT2D eigenvalue weighted by molar-refractivity contribution is -0.120. The molecule has 0 spiro atoms. The number of nitrogens with zero attached hydrogens (tertiary/aromatic N) is 2. The van der Waals surface area contributed by atoms with Crippen molar-refractivity contribution in [2.45, 2.75) is 78.4 Å². The van der Waals surface area contributed by atoms with Gasteiger partial charge in [-0.25, -0.2) is 4.79 Å². The van der Waals surface area contributed by atoms with Crippen molar-refractivity contribution in [3.8, 4) is 11.5 Å². The minimum absolute atomic E-state index is 0.00210. The monoisotopic (exact) mass is 472 g/mol. The molecule has 0 aliphatic carbocycles. The number of H-pyrrole nitrogens is 1. The molecular weight excluding hydrogens is 436 g/mol. The number of hydrogen-bond acceptors (Lipinski definition) is 6. The molecule has 1 aromatic heterocycles. The Morgan fingerprint density at radius 1 is 1.21 bits per heavy atom. The highest BCUT2D eigenvalue weighted by Crippen LogP contribution is 2.41. The third kappa shape index (κ3) is 5.63. The third-order valence-electron chi connectivity index (χ3n) is 5.91. The van der Waals surface area contributed by atoms with E-state index in [1.807, 2.05) is 32.9 Å². The van der Waals surface area contributed by atoms with Gasteiger partial charge in [0, 0.05) is 25.1 Å². The van der Waals surface area contributed by atoms with Gasteiger partial charge in [-0.15, -0.1) is 0 Å². The third-order valence-corrected chi connectivity index (χ3v) is 5.91. The Balaban J connectivity index is 1.88. The van der Waals surface area contributed by atoms with Crippen molar-refractivity contribution in [2.24, 2.45) is 0 Å². The number of unbranched alkanes of at least 4 members (excludes halogenated alkanes) is 3. The molecule has 0 unspecified atom stereocenters. The molecule has 0 atom stereocenters. The molecule has 2 heterocycles. The van der Waals surface area contributed by atoms with Crippen LogP contribution in [-0.4, -0.2) is 34.2 Å². The number of aromatic amines is 1. The van der Waals surface area contributed by atoms with E-state index in [9.17, 15) is 14.4 Å². The number of nitrogens with one attached hydrogen (secondary N) is 1. The summed E-state index contributed by atoms with van der Waals surface area (Å²) in [6.45, 7) is 8.42. The summed E-state index contributed by atoms with van der Waals surface area (Å²) in [4.78, 5) is 42.1. The van der Waals surface area contributed by atoms with Crippen molar-refractivity contribution < 1.29 is 14.3 Å². The normalized spacial score (nSPS) is 13.9. The predicted octanol–water partition coefficient (Wildman–Crippen LogP) is 3.23. The van der Waals surface area contributed by atoms with Crippen LogP contribution in [0.1, 0.15) is 65.4 Å². The van der Waals surface area contributed by atoms with Gasteiger partial charge in [-0.3, -0.25) is 19.1 Å². The Bertz CT molecular complexity index is 1140. The second-order valence-corrected chi connectivity index (χ2v) is 9.32. The number of carbonyl (C=O) groups is 1. The second kappa shape index (κ2) is 10.8. The van der Waals surface area contributed by atoms with Gasteiger partial charge in [0.05, 0.1) is 0 Å². The Morgan fingerprint density at radius 2 is 1.94 bits per heavy atom. The zero-order valence-corrected chi connectivity index (χ0v) is 20.6. The summed E-state index contributed by atoms with van der Waals surface area (Å²) in [7, 11) is 0. The van der Waals surface area contributed by atoms with Crippen LogP contribution in [0.3, 0.4) is 0 Å². The largest absolute Gasteiger partial charge is 0.483 e. The van der Waals surface area contributed by atoms with E-state index >= 15 is 0 Å². The van der Waals surface area contributed by atoms with Crippen LogP contribution < -0.4 is 31.4 Å². The molecule has 0 saturated carbocycles. The van der Waals surface area contributed by atoms with Gasteiger partial charge in [0.2, 0.25) is 0 Å². The van der Waals surface area contributed by atoms with Crippen molar-refractivity contribution in [2.75, 3.05) is 23.8 Å². The number of fused-ring (bicyclic) bond motifs is 1. The molecule has 9 nitrogen and oxygen atoms in total. The zero-order valence-electron chi connectivity index (χ0n) is 20.6. The maximum absolute atomic E-state index is 13.3. The van der Waals surface area contributed by atoms with Gasteiger partial charge in [-0.1, -0.05) is 45.2 Å². The standard InChI is InChI=1S/C25H36N4O5/c1-5-7-9-14-28(20-22(26)29(13-8-6-2)24(32)27-23(20)31)19(30)16-33-18-12-10-11-17-15-25(3,4)34-21(17)18/h10-12H,5-9,13-16,26H2,1-4H3,(H,27,31,32). The number of nitrogen functional groups attached to an aromatic ring is 1. The van der Waals surface area contributed by atoms with Gasteiger partial charge in [0.1, 0.15) is 11.4 Å². The first-order valence-electron chi connectivity index (χ1n) is 12.0. The summed E-state index contributed by atoms with van der Waals surface area (Å²) >= 11 is 0. The van der Waals surface area contributed by atoms with Crippen LogP contribution in [0.5, 0.6) is 11.5 Å². The van der Waals surface area contributed by atoms with Crippen LogP contribution in [0.25, 0.3) is 0 Å². The average molecular weight is 473 g/mol. The Hall–Kier alpha value is -3.23. The molecule has 3 rings (SSSR count). The fourth-order valence-corrected chi connectivity index (χ4v) is 4.18. The van der Waals surface area contributed by atoms with Crippen molar-refractivity contribution in [3.05, 3.63) is 44.6 Å². The molecule has 0 bridgehead atoms. The zero-order chi connectivity index (χ0) is 24.9. The molecule has 1 aromatic carbocycles. The fourth-order valence-electron chi connectivity index (χ4n) is 4.18. The highest BCUT2D eigenvalue weighted by atomic mass is 16.5. The molecule has 9 heteroatoms. The van der Waals surface area contributed by atoms with E-state index in [0.717, 1.165) is 37.7 Å². The minimum atomic E-state index is -0.675. The molecule has 2 aromatic rings. The lowest BCUT2D eigenvalue weighted by Gasteiger charge is -2.25. The van der Waals surface area contributed by atoms with Crippen LogP contribution in [0.2, 0.25) is 0 Å². The van der Waals surface area contributed by atoms with Gasteiger partial charge in [0.15, 0.2) is 23.8 Å². The first-order valence-corrected chi connectivity index (χ1v) is 12.0. The number of rotatable bonds is 11. The predicted molar refractivity (Wildman–Crippen MR) is 133 cm³/mol. The number of anilines is 2. The molecule has 0 radical (unpaired) electrons. The first kappa shape index (κ1) is 25.4. The smallest absolute Gasteiger partial charge is 0.330 e. The highest BCUT2D eigenvalue weighted by Gasteiger charge is 2.33. The molecule has 34 heavy (non-hydrogen) atoms. The molecule has 1 aliphatic rings. The topological polar surface area (TPSA) is 120 Å². The summed E-state index contributed by atoms with van der Waals surface area (Å²) < 4.78 is 13.2. The number of nitrogens with two attached hydrogens (primary N) is 1. The van der Waals surface area contributed by atoms with Gasteiger partial charge < -0.3 is 20.1 Å². The van der Waals surface area contributed by atoms with Crippen molar-refractivity contribution in [1.29, 1.82) is 0 Å². The maximum Gasteiger partial charge on any atom is 0.330 e. The van der Waals surface area contributed by atoms with Crippen LogP contribution in [0, 0.1) is 0 Å². The van der Waals surface area contributed by atoms with E-state index in [2.05, 4.69) is 11.9 Å². The molecule has 186 valence electrons. The molecule has 0 saturated heterocycles. The van der Waals surface area contributed by atoms with Gasteiger partial charge >= 0.3 is 5.69 Å². The molecule has 0 fully saturated rings. The maximum atomic E-state index is 13.3. The minimum Gasteiger partial charge on any atom is -0.483 e. The number of ether oxygens (including phenoxy) is 2. The fraction of sp³-hybridized carbons (Fsp3) is 0.560. The number of hydrogen-bond donors (Lipinski definition) is 2. The Morgan fingerprint density at radius 3 is 2.65 bits per heavy atom. The van der Waals surface area contributed by atoms with Crippen LogP contribution in [0.4, 0.5) is 11.5 Å². The van der Waals surface area contributed by atoms with E-state index in [1.165, 1.54) is 9.47 Å². The lowest BCUT2D eigenvalue weighted by Crippen LogP contribution is -2.43. The average Bonchev–Trinajstić information content (AvgIpc) is 3.10. The molecular formula is C25H36N4O5. The highest BCUT2D eigenvalue weighted by molar-refractivity contribution is 5.96. The quantitative estimate of drug-likeness (QED) is 0.485. The molecule has 1 amide bonds. The van der Waals surface area contributed by atoms with Crippen molar-refractivity contribution in [3.63, 3.8) is 0 Å². The van der Waals surface area contributed by atoms with Gasteiger partial charge in [-0.2, -0.15) is 0 Å². The van der Waals surface area contributed by atoms with E-state index in [0.29, 0.717) is 31.0 Å². The Labute approximate surface area is 199 Å². The molecule has 1 aliphatic heterocycles. The number of para-hydroxylation sites is 1. The van der Waals surface area contributed by atoms with Crippen LogP contribution in [-0.2, 0) is 17.8 Å². The van der Waals surface area contributed by atoms with E-state index in [4.69, 9.17) is 15.2 Å². The summed E-state index contributed by atoms with van der Waals surface area (Å²) in [6.07, 6.45) is 4.84. The number of carbonyl (C=O) groups excluding carboxylic acids is 1. The SMILES string of the molecule is CCCCCN(C(=O)COc1cccc2c1OC(C)(C)C2)c1c(N)n(CCCC)c(=O)[nH]c1=O. The summed E-state index contributed by atoms with van der Waals surface area (Å²) in [6, 6.07) is 5.62. The van der Waals surface area contributed by atoms with E-state index < -0.39 is 17.2 Å².